The Labute approximate surface area is 77.0 Å². The Morgan fingerprint density at radius 2 is 2.09 bits per heavy atom. The van der Waals surface area contributed by atoms with Gasteiger partial charge in [-0.3, -0.25) is 0 Å². The van der Waals surface area contributed by atoms with E-state index < -0.39 is 0 Å². The molecule has 1 nitrogen and oxygen atoms in total. The zero-order valence-electron chi connectivity index (χ0n) is 6.04. The molecule has 0 aliphatic carbocycles. The van der Waals surface area contributed by atoms with Gasteiger partial charge >= 0.3 is 0 Å². The molecule has 0 aromatic heterocycles. The van der Waals surface area contributed by atoms with Crippen LogP contribution in [0.3, 0.4) is 0 Å². The van der Waals surface area contributed by atoms with Crippen LogP contribution in [0.1, 0.15) is 17.2 Å². The molecule has 0 bridgehead atoms. The third-order valence-electron chi connectivity index (χ3n) is 1.84. The molecule has 61 valence electrons. The van der Waals surface area contributed by atoms with E-state index in [0.29, 0.717) is 0 Å². The van der Waals surface area contributed by atoms with Gasteiger partial charge < -0.3 is 11.7 Å². The fraction of sp³-hybridized carbons (Fsp3) is 0.222. The van der Waals surface area contributed by atoms with Gasteiger partial charge in [-0.25, -0.2) is 0 Å². The van der Waals surface area contributed by atoms with E-state index in [0.717, 1.165) is 6.61 Å². The molecule has 0 fully saturated rings. The van der Waals surface area contributed by atoms with E-state index in [4.69, 9.17) is 4.74 Å². The van der Waals surface area contributed by atoms with Gasteiger partial charge in [0.15, 0.2) is 0 Å². The van der Waals surface area contributed by atoms with E-state index in [2.05, 4.69) is 19.1 Å². The van der Waals surface area contributed by atoms with Gasteiger partial charge in [-0.15, -0.1) is 0 Å². The van der Waals surface area contributed by atoms with Crippen molar-refractivity contribution in [3.8, 4) is 0 Å². The summed E-state index contributed by atoms with van der Waals surface area (Å²) in [6, 6.07) is 8.20. The molecule has 1 unspecified atom stereocenters. The van der Waals surface area contributed by atoms with Crippen molar-refractivity contribution in [1.29, 1.82) is 0 Å². The van der Waals surface area contributed by atoms with Crippen molar-refractivity contribution < 1.29 is 21.5 Å². The average Bonchev–Trinajstić information content (AvgIpc) is 2.34. The third kappa shape index (κ3) is 1.48. The van der Waals surface area contributed by atoms with E-state index in [1.165, 1.54) is 11.1 Å². The molecule has 1 aliphatic heterocycles. The van der Waals surface area contributed by atoms with Crippen LogP contribution >= 0.6 is 0 Å². The zero-order chi connectivity index (χ0) is 6.97. The molecule has 1 radical (unpaired) electrons. The molecule has 0 saturated heterocycles. The Bertz CT molecular complexity index is 247. The molecule has 1 atom stereocenters. The van der Waals surface area contributed by atoms with Gasteiger partial charge in [0.05, 0.1) is 6.61 Å². The number of rotatable bonds is 0. The van der Waals surface area contributed by atoms with E-state index in [1.54, 1.807) is 0 Å². The summed E-state index contributed by atoms with van der Waals surface area (Å²) in [6.07, 6.45) is 0.0520. The molecule has 0 spiro atoms. The van der Waals surface area contributed by atoms with Gasteiger partial charge in [-0.2, -0.15) is 0 Å². The molecule has 1 aliphatic rings. The second-order valence-electron chi connectivity index (χ2n) is 2.50. The van der Waals surface area contributed by atoms with Crippen LogP contribution in [-0.4, -0.2) is 0 Å². The summed E-state index contributed by atoms with van der Waals surface area (Å²) >= 11 is 0. The van der Waals surface area contributed by atoms with E-state index >= 15 is 0 Å². The van der Waals surface area contributed by atoms with E-state index in [-0.39, 0.29) is 22.9 Å². The molecule has 1 heterocycles. The molecule has 2 heteroatoms. The van der Waals surface area contributed by atoms with Gasteiger partial charge in [-0.1, -0.05) is 24.3 Å². The Morgan fingerprint density at radius 3 is 2.82 bits per heavy atom. The van der Waals surface area contributed by atoms with Crippen LogP contribution in [0.5, 0.6) is 0 Å². The number of fused-ring (bicyclic) bond motifs is 1. The monoisotopic (exact) mass is 192 g/mol. The third-order valence-corrected chi connectivity index (χ3v) is 1.84. The van der Waals surface area contributed by atoms with Crippen LogP contribution in [0.2, 0.25) is 0 Å². The largest absolute Gasteiger partial charge is 0.401 e. The van der Waals surface area contributed by atoms with E-state index in [9.17, 15) is 0 Å². The van der Waals surface area contributed by atoms with Gasteiger partial charge in [0.25, 0.3) is 0 Å². The second-order valence-corrected chi connectivity index (χ2v) is 2.50. The second kappa shape index (κ2) is 3.39. The smallest absolute Gasteiger partial charge is 0.0691 e. The summed E-state index contributed by atoms with van der Waals surface area (Å²) in [5, 5.41) is 0. The van der Waals surface area contributed by atoms with Crippen molar-refractivity contribution in [2.75, 3.05) is 0 Å². The summed E-state index contributed by atoms with van der Waals surface area (Å²) in [7, 11) is 0. The van der Waals surface area contributed by atoms with Crippen LogP contribution in [-0.2, 0) is 28.1 Å². The number of hydrogen-bond donors (Lipinski definition) is 0. The summed E-state index contributed by atoms with van der Waals surface area (Å²) in [4.78, 5) is 0. The number of hydrogen-bond acceptors (Lipinski definition) is 1. The quantitative estimate of drug-likeness (QED) is 0.572. The van der Waals surface area contributed by atoms with Crippen molar-refractivity contribution in [3.05, 3.63) is 42.3 Å². The molecule has 11 heavy (non-hydrogen) atoms. The zero-order valence-corrected chi connectivity index (χ0v) is 7.08. The molecule has 0 amide bonds. The van der Waals surface area contributed by atoms with Gasteiger partial charge in [0.1, 0.15) is 0 Å². The SMILES string of the molecule is [CH2-]C1OCc2ccccc21.[Co]. The minimum atomic E-state index is 0. The summed E-state index contributed by atoms with van der Waals surface area (Å²) in [6.45, 7) is 4.58. The summed E-state index contributed by atoms with van der Waals surface area (Å²) in [5.74, 6) is 0. The Balaban J connectivity index is 0.000000605. The minimum Gasteiger partial charge on any atom is -0.401 e. The molecule has 1 aromatic rings. The molecule has 2 rings (SSSR count). The van der Waals surface area contributed by atoms with Crippen LogP contribution in [0, 0.1) is 6.92 Å². The van der Waals surface area contributed by atoms with Gasteiger partial charge in [0.2, 0.25) is 0 Å². The molecule has 0 saturated carbocycles. The first-order chi connectivity index (χ1) is 4.88. The fourth-order valence-electron chi connectivity index (χ4n) is 1.26. The molecule has 0 N–H and O–H groups in total. The van der Waals surface area contributed by atoms with Crippen LogP contribution in [0.15, 0.2) is 24.3 Å². The fourth-order valence-corrected chi connectivity index (χ4v) is 1.26. The molecular weight excluding hydrogens is 183 g/mol. The van der Waals surface area contributed by atoms with Crippen molar-refractivity contribution in [2.24, 2.45) is 0 Å². The van der Waals surface area contributed by atoms with Crippen molar-refractivity contribution >= 4 is 0 Å². The first-order valence-electron chi connectivity index (χ1n) is 3.40. The topological polar surface area (TPSA) is 9.23 Å². The Morgan fingerprint density at radius 1 is 1.36 bits per heavy atom. The van der Waals surface area contributed by atoms with Gasteiger partial charge in [0, 0.05) is 16.8 Å². The first kappa shape index (κ1) is 8.78. The standard InChI is InChI=1S/C9H9O.Co/c1-7-9-5-3-2-4-8(9)6-10-7;/h2-5,7H,1,6H2;/q-1;. The van der Waals surface area contributed by atoms with Crippen molar-refractivity contribution in [1.82, 2.24) is 0 Å². The summed E-state index contributed by atoms with van der Waals surface area (Å²) < 4.78 is 5.31. The van der Waals surface area contributed by atoms with Crippen LogP contribution in [0.4, 0.5) is 0 Å². The normalized spacial score (nSPS) is 20.6. The van der Waals surface area contributed by atoms with E-state index in [1.807, 2.05) is 12.1 Å². The predicted octanol–water partition coefficient (Wildman–Crippen LogP) is 2.09. The number of benzene rings is 1. The Kier molecular flexibility index (Phi) is 2.70. The summed E-state index contributed by atoms with van der Waals surface area (Å²) in [5.41, 5.74) is 2.52. The number of ether oxygens (including phenoxy) is 1. The average molecular weight is 192 g/mol. The minimum absolute atomic E-state index is 0. The first-order valence-corrected chi connectivity index (χ1v) is 3.40. The molecular formula is C9H9CoO-. The Hall–Kier alpha value is -0.314. The predicted molar refractivity (Wildman–Crippen MR) is 39.3 cm³/mol. The maximum absolute atomic E-state index is 5.31. The van der Waals surface area contributed by atoms with Crippen molar-refractivity contribution in [3.63, 3.8) is 0 Å². The van der Waals surface area contributed by atoms with Gasteiger partial charge in [-0.05, 0) is 17.2 Å². The maximum atomic E-state index is 5.31. The van der Waals surface area contributed by atoms with Crippen LogP contribution in [0.25, 0.3) is 0 Å². The maximum Gasteiger partial charge on any atom is 0.0691 e. The molecule has 1 aromatic carbocycles. The van der Waals surface area contributed by atoms with Crippen molar-refractivity contribution in [2.45, 2.75) is 12.7 Å². The van der Waals surface area contributed by atoms with Crippen LogP contribution < -0.4 is 0 Å².